The normalized spacial score (nSPS) is 16.7. The van der Waals surface area contributed by atoms with E-state index in [1.165, 1.54) is 5.56 Å². The second kappa shape index (κ2) is 8.62. The van der Waals surface area contributed by atoms with Crippen molar-refractivity contribution in [3.63, 3.8) is 0 Å². The van der Waals surface area contributed by atoms with E-state index in [1.807, 2.05) is 19.9 Å². The average molecular weight is 321 g/mol. The predicted molar refractivity (Wildman–Crippen MR) is 91.3 cm³/mol. The Hall–Kier alpha value is -1.95. The van der Waals surface area contributed by atoms with Crippen LogP contribution in [0.15, 0.2) is 17.1 Å². The Labute approximate surface area is 137 Å². The molecule has 0 spiro atoms. The third-order valence-electron chi connectivity index (χ3n) is 3.53. The second-order valence-corrected chi connectivity index (χ2v) is 5.48. The first kappa shape index (κ1) is 17.4. The van der Waals surface area contributed by atoms with Crippen molar-refractivity contribution in [2.75, 3.05) is 26.3 Å². The quantitative estimate of drug-likeness (QED) is 0.524. The second-order valence-electron chi connectivity index (χ2n) is 5.48. The Balaban J connectivity index is 2.18. The minimum Gasteiger partial charge on any atom is -0.494 e. The van der Waals surface area contributed by atoms with Gasteiger partial charge >= 0.3 is 0 Å². The largest absolute Gasteiger partial charge is 0.494 e. The number of guanidine groups is 1. The van der Waals surface area contributed by atoms with Crippen molar-refractivity contribution in [1.29, 1.82) is 0 Å². The molecule has 1 aromatic rings. The molecule has 1 unspecified atom stereocenters. The third kappa shape index (κ3) is 4.76. The van der Waals surface area contributed by atoms with E-state index in [0.29, 0.717) is 25.7 Å². The summed E-state index contributed by atoms with van der Waals surface area (Å²) in [6, 6.07) is 4.10. The summed E-state index contributed by atoms with van der Waals surface area (Å²) in [5.74, 6) is 2.48. The Morgan fingerprint density at radius 2 is 2.22 bits per heavy atom. The molecular formula is C17H27N3O3. The van der Waals surface area contributed by atoms with E-state index in [1.54, 1.807) is 0 Å². The summed E-state index contributed by atoms with van der Waals surface area (Å²) in [6.07, 6.45) is 1.13. The number of nitrogens with one attached hydrogen (secondary N) is 2. The highest BCUT2D eigenvalue weighted by Crippen LogP contribution is 2.35. The van der Waals surface area contributed by atoms with Crippen LogP contribution in [0.4, 0.5) is 0 Å². The van der Waals surface area contributed by atoms with Gasteiger partial charge in [-0.2, -0.15) is 0 Å². The van der Waals surface area contributed by atoms with Crippen LogP contribution < -0.4 is 20.1 Å². The summed E-state index contributed by atoms with van der Waals surface area (Å²) in [7, 11) is 0. The molecule has 0 aromatic heterocycles. The van der Waals surface area contributed by atoms with E-state index in [-0.39, 0.29) is 12.7 Å². The van der Waals surface area contributed by atoms with Gasteiger partial charge in [0.15, 0.2) is 5.96 Å². The lowest BCUT2D eigenvalue weighted by molar-refractivity contribution is 0.254. The van der Waals surface area contributed by atoms with Gasteiger partial charge in [-0.05, 0) is 32.9 Å². The monoisotopic (exact) mass is 321 g/mol. The Morgan fingerprint density at radius 3 is 2.91 bits per heavy atom. The average Bonchev–Trinajstić information content (AvgIpc) is 2.89. The van der Waals surface area contributed by atoms with Gasteiger partial charge in [0.1, 0.15) is 17.6 Å². The van der Waals surface area contributed by atoms with Crippen molar-refractivity contribution in [2.24, 2.45) is 4.99 Å². The van der Waals surface area contributed by atoms with E-state index in [4.69, 9.17) is 14.6 Å². The number of ether oxygens (including phenoxy) is 2. The molecule has 1 aromatic carbocycles. The van der Waals surface area contributed by atoms with Crippen molar-refractivity contribution in [1.82, 2.24) is 10.6 Å². The lowest BCUT2D eigenvalue weighted by atomic mass is 10.1. The Morgan fingerprint density at radius 1 is 1.39 bits per heavy atom. The maximum absolute atomic E-state index is 8.93. The number of benzene rings is 1. The van der Waals surface area contributed by atoms with E-state index >= 15 is 0 Å². The standard InChI is InChI=1S/C17H27N3O3/c1-4-18-17(19-6-7-21)20-11-14-10-16-13(8-12(3)23-16)9-15(14)22-5-2/h9-10,12,21H,4-8,11H2,1-3H3,(H2,18,19,20). The summed E-state index contributed by atoms with van der Waals surface area (Å²) in [5.41, 5.74) is 2.19. The molecule has 3 N–H and O–H groups in total. The maximum Gasteiger partial charge on any atom is 0.191 e. The van der Waals surface area contributed by atoms with Gasteiger partial charge in [-0.1, -0.05) is 0 Å². The fourth-order valence-electron chi connectivity index (χ4n) is 2.58. The summed E-state index contributed by atoms with van der Waals surface area (Å²) in [5, 5.41) is 15.2. The molecule has 128 valence electrons. The number of aliphatic hydroxyl groups excluding tert-OH is 1. The van der Waals surface area contributed by atoms with Crippen LogP contribution in [-0.4, -0.2) is 43.5 Å². The van der Waals surface area contributed by atoms with E-state index in [2.05, 4.69) is 28.6 Å². The highest BCUT2D eigenvalue weighted by atomic mass is 16.5. The number of aliphatic imine (C=N–C) groups is 1. The lowest BCUT2D eigenvalue weighted by Crippen LogP contribution is -2.38. The van der Waals surface area contributed by atoms with Gasteiger partial charge in [-0.3, -0.25) is 0 Å². The molecule has 1 aliphatic heterocycles. The molecule has 0 aliphatic carbocycles. The molecular weight excluding hydrogens is 294 g/mol. The van der Waals surface area contributed by atoms with Gasteiger partial charge in [0, 0.05) is 30.6 Å². The third-order valence-corrected chi connectivity index (χ3v) is 3.53. The number of hydrogen-bond donors (Lipinski definition) is 3. The van der Waals surface area contributed by atoms with Gasteiger partial charge in [0.05, 0.1) is 19.8 Å². The van der Waals surface area contributed by atoms with Crippen molar-refractivity contribution in [3.05, 3.63) is 23.3 Å². The smallest absolute Gasteiger partial charge is 0.191 e. The highest BCUT2D eigenvalue weighted by molar-refractivity contribution is 5.79. The summed E-state index contributed by atoms with van der Waals surface area (Å²) in [4.78, 5) is 4.56. The zero-order valence-corrected chi connectivity index (χ0v) is 14.2. The van der Waals surface area contributed by atoms with Crippen molar-refractivity contribution >= 4 is 5.96 Å². The molecule has 1 aliphatic rings. The first-order valence-electron chi connectivity index (χ1n) is 8.26. The van der Waals surface area contributed by atoms with Crippen LogP contribution in [0.1, 0.15) is 31.9 Å². The molecule has 2 rings (SSSR count). The summed E-state index contributed by atoms with van der Waals surface area (Å²) >= 11 is 0. The van der Waals surface area contributed by atoms with Crippen LogP contribution >= 0.6 is 0 Å². The molecule has 0 radical (unpaired) electrons. The minimum absolute atomic E-state index is 0.0686. The number of fused-ring (bicyclic) bond motifs is 1. The molecule has 0 bridgehead atoms. The fourth-order valence-corrected chi connectivity index (χ4v) is 2.58. The summed E-state index contributed by atoms with van der Waals surface area (Å²) < 4.78 is 11.6. The number of nitrogens with zero attached hydrogens (tertiary/aromatic N) is 1. The Bertz CT molecular complexity index is 546. The first-order chi connectivity index (χ1) is 11.2. The van der Waals surface area contributed by atoms with Crippen LogP contribution in [0.5, 0.6) is 11.5 Å². The SMILES string of the molecule is CCNC(=NCc1cc2c(cc1OCC)CC(C)O2)NCCO. The molecule has 0 saturated carbocycles. The van der Waals surface area contributed by atoms with Gasteiger partial charge in [-0.15, -0.1) is 0 Å². The topological polar surface area (TPSA) is 75.1 Å². The van der Waals surface area contributed by atoms with Crippen molar-refractivity contribution in [3.8, 4) is 11.5 Å². The number of aliphatic hydroxyl groups is 1. The molecule has 6 heteroatoms. The van der Waals surface area contributed by atoms with Gasteiger partial charge in [0.2, 0.25) is 0 Å². The number of rotatable bonds is 7. The van der Waals surface area contributed by atoms with Crippen molar-refractivity contribution in [2.45, 2.75) is 39.8 Å². The maximum atomic E-state index is 8.93. The first-order valence-corrected chi connectivity index (χ1v) is 8.26. The molecule has 0 amide bonds. The number of hydrogen-bond acceptors (Lipinski definition) is 4. The van der Waals surface area contributed by atoms with Crippen LogP contribution in [0.3, 0.4) is 0 Å². The van der Waals surface area contributed by atoms with Gasteiger partial charge in [0.25, 0.3) is 0 Å². The minimum atomic E-state index is 0.0686. The zero-order chi connectivity index (χ0) is 16.7. The zero-order valence-electron chi connectivity index (χ0n) is 14.2. The van der Waals surface area contributed by atoms with E-state index < -0.39 is 0 Å². The van der Waals surface area contributed by atoms with Crippen molar-refractivity contribution < 1.29 is 14.6 Å². The van der Waals surface area contributed by atoms with Crippen LogP contribution in [0, 0.1) is 0 Å². The Kier molecular flexibility index (Phi) is 6.52. The lowest BCUT2D eigenvalue weighted by Gasteiger charge is -2.13. The summed E-state index contributed by atoms with van der Waals surface area (Å²) in [6.45, 7) is 8.46. The molecule has 1 heterocycles. The fraction of sp³-hybridized carbons (Fsp3) is 0.588. The molecule has 23 heavy (non-hydrogen) atoms. The molecule has 0 fully saturated rings. The van der Waals surface area contributed by atoms with Gasteiger partial charge < -0.3 is 25.2 Å². The highest BCUT2D eigenvalue weighted by Gasteiger charge is 2.21. The van der Waals surface area contributed by atoms with E-state index in [0.717, 1.165) is 30.0 Å². The predicted octanol–water partition coefficient (Wildman–Crippen LogP) is 1.46. The van der Waals surface area contributed by atoms with Crippen LogP contribution in [0.25, 0.3) is 0 Å². The molecule has 0 saturated heterocycles. The molecule has 6 nitrogen and oxygen atoms in total. The molecule has 1 atom stereocenters. The van der Waals surface area contributed by atoms with Gasteiger partial charge in [-0.25, -0.2) is 4.99 Å². The van der Waals surface area contributed by atoms with Crippen LogP contribution in [-0.2, 0) is 13.0 Å². The van der Waals surface area contributed by atoms with Crippen LogP contribution in [0.2, 0.25) is 0 Å². The van der Waals surface area contributed by atoms with E-state index in [9.17, 15) is 0 Å².